The Morgan fingerprint density at radius 2 is 2.07 bits per heavy atom. The quantitative estimate of drug-likeness (QED) is 0.394. The molecule has 1 aromatic rings. The third kappa shape index (κ3) is 3.87. The minimum atomic E-state index is -1.42. The minimum Gasteiger partial charge on any atom is -0.423 e. The highest BCUT2D eigenvalue weighted by Gasteiger charge is 2.14. The molecule has 0 aliphatic carbocycles. The normalized spacial score (nSPS) is 10.0. The van der Waals surface area contributed by atoms with Crippen LogP contribution in [-0.4, -0.2) is 30.4 Å². The number of rotatable bonds is 6. The van der Waals surface area contributed by atoms with Crippen molar-refractivity contribution in [3.8, 4) is 0 Å². The standard InChI is InChI=1S/C11H15BO3/c1-2-8-15-9-7-10-5-3-4-6-11(10)12(13)14/h2-6,13-14H,1,7-9H2. The fourth-order valence-corrected chi connectivity index (χ4v) is 1.36. The predicted molar refractivity (Wildman–Crippen MR) is 61.0 cm³/mol. The zero-order chi connectivity index (χ0) is 11.1. The van der Waals surface area contributed by atoms with Crippen molar-refractivity contribution in [2.75, 3.05) is 13.2 Å². The van der Waals surface area contributed by atoms with Crippen molar-refractivity contribution in [1.29, 1.82) is 0 Å². The SMILES string of the molecule is C=CCOCCc1ccccc1B(O)O. The van der Waals surface area contributed by atoms with Crippen molar-refractivity contribution in [2.24, 2.45) is 0 Å². The van der Waals surface area contributed by atoms with Crippen molar-refractivity contribution >= 4 is 12.6 Å². The zero-order valence-electron chi connectivity index (χ0n) is 8.60. The van der Waals surface area contributed by atoms with Crippen LogP contribution in [0.3, 0.4) is 0 Å². The lowest BCUT2D eigenvalue weighted by Crippen LogP contribution is -2.33. The number of ether oxygens (including phenoxy) is 1. The largest absolute Gasteiger partial charge is 0.488 e. The first-order chi connectivity index (χ1) is 7.25. The summed E-state index contributed by atoms with van der Waals surface area (Å²) in [7, 11) is -1.42. The van der Waals surface area contributed by atoms with Crippen LogP contribution in [0.2, 0.25) is 0 Å². The van der Waals surface area contributed by atoms with Crippen molar-refractivity contribution in [3.63, 3.8) is 0 Å². The van der Waals surface area contributed by atoms with E-state index in [0.717, 1.165) is 5.56 Å². The van der Waals surface area contributed by atoms with Gasteiger partial charge in [-0.3, -0.25) is 0 Å². The molecule has 0 aromatic heterocycles. The maximum atomic E-state index is 9.11. The lowest BCUT2D eigenvalue weighted by molar-refractivity contribution is 0.166. The Balaban J connectivity index is 2.55. The molecule has 0 heterocycles. The van der Waals surface area contributed by atoms with Gasteiger partial charge in [0.15, 0.2) is 0 Å². The molecule has 0 fully saturated rings. The summed E-state index contributed by atoms with van der Waals surface area (Å²) in [5.41, 5.74) is 1.44. The predicted octanol–water partition coefficient (Wildman–Crippen LogP) is 0.111. The highest BCUT2D eigenvalue weighted by molar-refractivity contribution is 6.59. The maximum absolute atomic E-state index is 9.11. The van der Waals surface area contributed by atoms with Crippen molar-refractivity contribution in [3.05, 3.63) is 42.5 Å². The number of hydrogen-bond donors (Lipinski definition) is 2. The molecule has 0 spiro atoms. The summed E-state index contributed by atoms with van der Waals surface area (Å²) >= 11 is 0. The van der Waals surface area contributed by atoms with Gasteiger partial charge in [-0.1, -0.05) is 30.3 Å². The lowest BCUT2D eigenvalue weighted by Gasteiger charge is -2.08. The molecule has 0 aliphatic heterocycles. The van der Waals surface area contributed by atoms with Crippen LogP contribution in [0.5, 0.6) is 0 Å². The molecule has 0 radical (unpaired) electrons. The van der Waals surface area contributed by atoms with Crippen molar-refractivity contribution < 1.29 is 14.8 Å². The lowest BCUT2D eigenvalue weighted by atomic mass is 9.76. The molecule has 0 amide bonds. The van der Waals surface area contributed by atoms with Crippen LogP contribution in [0.4, 0.5) is 0 Å². The first-order valence-corrected chi connectivity index (χ1v) is 4.88. The van der Waals surface area contributed by atoms with E-state index in [-0.39, 0.29) is 0 Å². The van der Waals surface area contributed by atoms with Crippen LogP contribution in [0.25, 0.3) is 0 Å². The molecule has 0 unspecified atom stereocenters. The molecule has 1 aromatic carbocycles. The number of hydrogen-bond acceptors (Lipinski definition) is 3. The van der Waals surface area contributed by atoms with Gasteiger partial charge < -0.3 is 14.8 Å². The summed E-state index contributed by atoms with van der Waals surface area (Å²) in [5.74, 6) is 0. The maximum Gasteiger partial charge on any atom is 0.488 e. The Morgan fingerprint density at radius 1 is 1.33 bits per heavy atom. The highest BCUT2D eigenvalue weighted by Crippen LogP contribution is 1.98. The van der Waals surface area contributed by atoms with Gasteiger partial charge in [-0.05, 0) is 17.4 Å². The van der Waals surface area contributed by atoms with Gasteiger partial charge in [0.25, 0.3) is 0 Å². The second kappa shape index (κ2) is 6.40. The average Bonchev–Trinajstić information content (AvgIpc) is 2.25. The van der Waals surface area contributed by atoms with Gasteiger partial charge in [0, 0.05) is 0 Å². The van der Waals surface area contributed by atoms with Gasteiger partial charge in [-0.2, -0.15) is 0 Å². The summed E-state index contributed by atoms with van der Waals surface area (Å²) in [4.78, 5) is 0. The van der Waals surface area contributed by atoms with Crippen LogP contribution in [0.15, 0.2) is 36.9 Å². The van der Waals surface area contributed by atoms with Crippen LogP contribution in [0, 0.1) is 0 Å². The van der Waals surface area contributed by atoms with Gasteiger partial charge in [-0.15, -0.1) is 6.58 Å². The van der Waals surface area contributed by atoms with E-state index in [1.807, 2.05) is 12.1 Å². The van der Waals surface area contributed by atoms with Gasteiger partial charge in [0.2, 0.25) is 0 Å². The molecule has 0 atom stereocenters. The third-order valence-corrected chi connectivity index (χ3v) is 2.08. The molecule has 0 aliphatic rings. The first kappa shape index (κ1) is 12.0. The molecule has 15 heavy (non-hydrogen) atoms. The van der Waals surface area contributed by atoms with Gasteiger partial charge in [-0.25, -0.2) is 0 Å². The summed E-state index contributed by atoms with van der Waals surface area (Å²) in [6.45, 7) is 4.62. The van der Waals surface area contributed by atoms with E-state index in [2.05, 4.69) is 6.58 Å². The molecule has 0 bridgehead atoms. The molecular formula is C11H15BO3. The van der Waals surface area contributed by atoms with Crippen LogP contribution in [-0.2, 0) is 11.2 Å². The zero-order valence-corrected chi connectivity index (χ0v) is 8.60. The Hall–Kier alpha value is -1.10. The van der Waals surface area contributed by atoms with Crippen molar-refractivity contribution in [2.45, 2.75) is 6.42 Å². The minimum absolute atomic E-state index is 0.518. The Labute approximate surface area is 90.2 Å². The monoisotopic (exact) mass is 206 g/mol. The molecule has 2 N–H and O–H groups in total. The van der Waals surface area contributed by atoms with E-state index in [0.29, 0.717) is 25.1 Å². The Bertz CT molecular complexity index is 312. The fraction of sp³-hybridized carbons (Fsp3) is 0.273. The van der Waals surface area contributed by atoms with Gasteiger partial charge >= 0.3 is 7.12 Å². The van der Waals surface area contributed by atoms with E-state index in [4.69, 9.17) is 14.8 Å². The van der Waals surface area contributed by atoms with E-state index < -0.39 is 7.12 Å². The Morgan fingerprint density at radius 3 is 2.73 bits per heavy atom. The smallest absolute Gasteiger partial charge is 0.423 e. The molecule has 3 nitrogen and oxygen atoms in total. The summed E-state index contributed by atoms with van der Waals surface area (Å²) < 4.78 is 5.24. The van der Waals surface area contributed by atoms with Crippen molar-refractivity contribution in [1.82, 2.24) is 0 Å². The summed E-state index contributed by atoms with van der Waals surface area (Å²) in [6, 6.07) is 7.22. The third-order valence-electron chi connectivity index (χ3n) is 2.08. The van der Waals surface area contributed by atoms with Crippen LogP contribution >= 0.6 is 0 Å². The molecule has 1 rings (SSSR count). The summed E-state index contributed by atoms with van der Waals surface area (Å²) in [5, 5.41) is 18.2. The summed E-state index contributed by atoms with van der Waals surface area (Å²) in [6.07, 6.45) is 2.36. The van der Waals surface area contributed by atoms with Crippen LogP contribution < -0.4 is 5.46 Å². The average molecular weight is 206 g/mol. The Kier molecular flexibility index (Phi) is 5.11. The van der Waals surface area contributed by atoms with Crippen LogP contribution in [0.1, 0.15) is 5.56 Å². The fourth-order valence-electron chi connectivity index (χ4n) is 1.36. The van der Waals surface area contributed by atoms with E-state index in [1.165, 1.54) is 0 Å². The van der Waals surface area contributed by atoms with Gasteiger partial charge in [0.05, 0.1) is 13.2 Å². The molecule has 0 saturated heterocycles. The first-order valence-electron chi connectivity index (χ1n) is 4.88. The van der Waals surface area contributed by atoms with Gasteiger partial charge in [0.1, 0.15) is 0 Å². The topological polar surface area (TPSA) is 49.7 Å². The molecule has 0 saturated carbocycles. The highest BCUT2D eigenvalue weighted by atomic mass is 16.5. The molecule has 80 valence electrons. The van der Waals surface area contributed by atoms with E-state index in [1.54, 1.807) is 18.2 Å². The van der Waals surface area contributed by atoms with E-state index >= 15 is 0 Å². The van der Waals surface area contributed by atoms with E-state index in [9.17, 15) is 0 Å². The number of benzene rings is 1. The second-order valence-electron chi connectivity index (χ2n) is 3.19. The second-order valence-corrected chi connectivity index (χ2v) is 3.19. The molecular weight excluding hydrogens is 191 g/mol. The molecule has 4 heteroatoms.